The topological polar surface area (TPSA) is 54.9 Å². The molecule has 0 saturated carbocycles. The Morgan fingerprint density at radius 1 is 1.08 bits per heavy atom. The molecule has 2 N–H and O–H groups in total. The molecule has 2 rings (SSSR count). The summed E-state index contributed by atoms with van der Waals surface area (Å²) >= 11 is 5.02. The van der Waals surface area contributed by atoms with Crippen LogP contribution in [0, 0.1) is 6.92 Å². The van der Waals surface area contributed by atoms with Crippen LogP contribution in [0.5, 0.6) is 11.5 Å². The zero-order chi connectivity index (χ0) is 17.9. The average molecular weight is 357 g/mol. The molecule has 6 heteroatoms. The predicted molar refractivity (Wildman–Crippen MR) is 106 cm³/mol. The molecule has 0 aliphatic carbocycles. The molecule has 0 fully saturated rings. The molecule has 0 spiro atoms. The second-order valence-electron chi connectivity index (χ2n) is 5.26. The number of rotatable bonds is 8. The van der Waals surface area contributed by atoms with Crippen molar-refractivity contribution >= 4 is 23.5 Å². The quantitative estimate of drug-likeness (QED) is 0.329. The van der Waals surface area contributed by atoms with Gasteiger partial charge in [-0.1, -0.05) is 18.2 Å². The molecule has 0 atom stereocenters. The van der Waals surface area contributed by atoms with E-state index in [4.69, 9.17) is 21.7 Å². The summed E-state index contributed by atoms with van der Waals surface area (Å²) in [5.41, 5.74) is 4.82. The fourth-order valence-corrected chi connectivity index (χ4v) is 2.24. The van der Waals surface area contributed by atoms with Crippen molar-refractivity contribution in [2.75, 3.05) is 19.8 Å². The lowest BCUT2D eigenvalue weighted by Crippen LogP contribution is -2.31. The first-order valence-electron chi connectivity index (χ1n) is 8.17. The highest BCUT2D eigenvalue weighted by Crippen LogP contribution is 2.16. The van der Waals surface area contributed by atoms with Crippen molar-refractivity contribution in [2.24, 2.45) is 5.10 Å². The van der Waals surface area contributed by atoms with Crippen LogP contribution in [-0.2, 0) is 0 Å². The predicted octanol–water partition coefficient (Wildman–Crippen LogP) is 3.27. The number of thiocarbonyl (C=S) groups is 1. The van der Waals surface area contributed by atoms with Crippen molar-refractivity contribution < 1.29 is 9.47 Å². The van der Waals surface area contributed by atoms with Gasteiger partial charge in [-0.3, -0.25) is 5.43 Å². The van der Waals surface area contributed by atoms with Crippen LogP contribution >= 0.6 is 12.2 Å². The van der Waals surface area contributed by atoms with Crippen molar-refractivity contribution in [3.05, 3.63) is 59.7 Å². The number of hydrogen-bond acceptors (Lipinski definition) is 4. The SMILES string of the molecule is CCNC(=S)N/N=C\c1ccc(OCCOc2ccccc2C)cc1. The Balaban J connectivity index is 1.72. The third kappa shape index (κ3) is 6.81. The Morgan fingerprint density at radius 2 is 1.80 bits per heavy atom. The van der Waals surface area contributed by atoms with Gasteiger partial charge in [0.2, 0.25) is 0 Å². The minimum absolute atomic E-state index is 0.486. The lowest BCUT2D eigenvalue weighted by atomic mass is 10.2. The molecule has 132 valence electrons. The molecule has 0 saturated heterocycles. The minimum Gasteiger partial charge on any atom is -0.490 e. The van der Waals surface area contributed by atoms with Gasteiger partial charge in [0.05, 0.1) is 6.21 Å². The van der Waals surface area contributed by atoms with Gasteiger partial charge in [-0.25, -0.2) is 0 Å². The van der Waals surface area contributed by atoms with E-state index >= 15 is 0 Å². The summed E-state index contributed by atoms with van der Waals surface area (Å²) < 4.78 is 11.4. The van der Waals surface area contributed by atoms with Gasteiger partial charge in [-0.05, 0) is 67.5 Å². The normalized spacial score (nSPS) is 10.5. The van der Waals surface area contributed by atoms with Gasteiger partial charge in [-0.15, -0.1) is 0 Å². The summed E-state index contributed by atoms with van der Waals surface area (Å²) in [7, 11) is 0. The molecule has 2 aromatic rings. The van der Waals surface area contributed by atoms with Crippen LogP contribution < -0.4 is 20.2 Å². The van der Waals surface area contributed by atoms with Crippen molar-refractivity contribution in [1.82, 2.24) is 10.7 Å². The second-order valence-corrected chi connectivity index (χ2v) is 5.67. The monoisotopic (exact) mass is 357 g/mol. The summed E-state index contributed by atoms with van der Waals surface area (Å²) in [6, 6.07) is 15.6. The van der Waals surface area contributed by atoms with E-state index in [1.807, 2.05) is 62.4 Å². The molecule has 0 aliphatic rings. The molecule has 0 aromatic heterocycles. The summed E-state index contributed by atoms with van der Waals surface area (Å²) in [5, 5.41) is 7.53. The van der Waals surface area contributed by atoms with Crippen LogP contribution in [0.3, 0.4) is 0 Å². The van der Waals surface area contributed by atoms with E-state index in [2.05, 4.69) is 15.8 Å². The van der Waals surface area contributed by atoms with Crippen LogP contribution in [0.4, 0.5) is 0 Å². The van der Waals surface area contributed by atoms with Crippen molar-refractivity contribution in [1.29, 1.82) is 0 Å². The smallest absolute Gasteiger partial charge is 0.186 e. The number of hydrogen-bond donors (Lipinski definition) is 2. The molecular weight excluding hydrogens is 334 g/mol. The van der Waals surface area contributed by atoms with Crippen molar-refractivity contribution in [2.45, 2.75) is 13.8 Å². The van der Waals surface area contributed by atoms with Gasteiger partial charge in [0.1, 0.15) is 24.7 Å². The molecule has 5 nitrogen and oxygen atoms in total. The largest absolute Gasteiger partial charge is 0.490 e. The Bertz CT molecular complexity index is 702. The summed E-state index contributed by atoms with van der Waals surface area (Å²) in [6.07, 6.45) is 1.70. The summed E-state index contributed by atoms with van der Waals surface area (Å²) in [6.45, 7) is 5.75. The van der Waals surface area contributed by atoms with E-state index in [1.165, 1.54) is 0 Å². The maximum absolute atomic E-state index is 5.71. The number of ether oxygens (including phenoxy) is 2. The molecule has 2 aromatic carbocycles. The zero-order valence-corrected chi connectivity index (χ0v) is 15.3. The van der Waals surface area contributed by atoms with E-state index in [9.17, 15) is 0 Å². The highest BCUT2D eigenvalue weighted by molar-refractivity contribution is 7.80. The third-order valence-electron chi connectivity index (χ3n) is 3.30. The Kier molecular flexibility index (Phi) is 7.72. The fraction of sp³-hybridized carbons (Fsp3) is 0.263. The van der Waals surface area contributed by atoms with Gasteiger partial charge < -0.3 is 14.8 Å². The van der Waals surface area contributed by atoms with Gasteiger partial charge in [0.15, 0.2) is 5.11 Å². The fourth-order valence-electron chi connectivity index (χ4n) is 2.05. The zero-order valence-electron chi connectivity index (χ0n) is 14.5. The molecule has 0 heterocycles. The van der Waals surface area contributed by atoms with E-state index < -0.39 is 0 Å². The minimum atomic E-state index is 0.486. The molecule has 0 aliphatic heterocycles. The lowest BCUT2D eigenvalue weighted by molar-refractivity contribution is 0.216. The van der Waals surface area contributed by atoms with Gasteiger partial charge in [0, 0.05) is 6.54 Å². The summed E-state index contributed by atoms with van der Waals surface area (Å²) in [5.74, 6) is 1.68. The first-order valence-corrected chi connectivity index (χ1v) is 8.58. The third-order valence-corrected chi connectivity index (χ3v) is 3.54. The first kappa shape index (κ1) is 18.7. The van der Waals surface area contributed by atoms with Gasteiger partial charge in [0.25, 0.3) is 0 Å². The van der Waals surface area contributed by atoms with E-state index in [0.717, 1.165) is 29.2 Å². The van der Waals surface area contributed by atoms with E-state index in [-0.39, 0.29) is 0 Å². The Labute approximate surface area is 154 Å². The second kappa shape index (κ2) is 10.3. The van der Waals surface area contributed by atoms with E-state index in [0.29, 0.717) is 18.3 Å². The number of hydrazone groups is 1. The highest BCUT2D eigenvalue weighted by Gasteiger charge is 1.98. The summed E-state index contributed by atoms with van der Waals surface area (Å²) in [4.78, 5) is 0. The molecule has 0 bridgehead atoms. The van der Waals surface area contributed by atoms with Crippen molar-refractivity contribution in [3.8, 4) is 11.5 Å². The maximum atomic E-state index is 5.71. The lowest BCUT2D eigenvalue weighted by Gasteiger charge is -2.10. The van der Waals surface area contributed by atoms with Crippen LogP contribution in [0.25, 0.3) is 0 Å². The number of nitrogens with zero attached hydrogens (tertiary/aromatic N) is 1. The van der Waals surface area contributed by atoms with Crippen LogP contribution in [0.2, 0.25) is 0 Å². The average Bonchev–Trinajstić information content (AvgIpc) is 2.61. The number of benzene rings is 2. The molecule has 0 amide bonds. The molecule has 0 radical (unpaired) electrons. The van der Waals surface area contributed by atoms with Gasteiger partial charge in [-0.2, -0.15) is 5.10 Å². The first-order chi connectivity index (χ1) is 12.2. The molecular formula is C19H23N3O2S. The standard InChI is InChI=1S/C19H23N3O2S/c1-3-20-19(25)22-21-14-16-8-10-17(11-9-16)23-12-13-24-18-7-5-4-6-15(18)2/h4-11,14H,3,12-13H2,1-2H3,(H2,20,22,25)/b21-14-. The van der Waals surface area contributed by atoms with Crippen LogP contribution in [0.1, 0.15) is 18.1 Å². The van der Waals surface area contributed by atoms with Crippen LogP contribution in [-0.4, -0.2) is 31.1 Å². The van der Waals surface area contributed by atoms with Gasteiger partial charge >= 0.3 is 0 Å². The number of nitrogens with one attached hydrogen (secondary N) is 2. The number of para-hydroxylation sites is 1. The Hall–Kier alpha value is -2.60. The van der Waals surface area contributed by atoms with Crippen LogP contribution in [0.15, 0.2) is 53.6 Å². The molecule has 25 heavy (non-hydrogen) atoms. The highest BCUT2D eigenvalue weighted by atomic mass is 32.1. The Morgan fingerprint density at radius 3 is 2.52 bits per heavy atom. The maximum Gasteiger partial charge on any atom is 0.186 e. The van der Waals surface area contributed by atoms with E-state index in [1.54, 1.807) is 6.21 Å². The molecule has 0 unspecified atom stereocenters. The van der Waals surface area contributed by atoms with Crippen molar-refractivity contribution in [3.63, 3.8) is 0 Å². The number of aryl methyl sites for hydroxylation is 1.